The van der Waals surface area contributed by atoms with E-state index in [2.05, 4.69) is 10.3 Å². The number of nitrogens with one attached hydrogen (secondary N) is 1. The number of benzene rings is 1. The first-order chi connectivity index (χ1) is 18.9. The summed E-state index contributed by atoms with van der Waals surface area (Å²) in [6.07, 6.45) is 3.82. The van der Waals surface area contributed by atoms with Crippen molar-refractivity contribution in [3.8, 4) is 11.3 Å². The number of hydrogen-bond acceptors (Lipinski definition) is 7. The molecule has 39 heavy (non-hydrogen) atoms. The zero-order chi connectivity index (χ0) is 27.5. The minimum atomic E-state index is -1.09. The lowest BCUT2D eigenvalue weighted by molar-refractivity contribution is -0.140. The average Bonchev–Trinajstić information content (AvgIpc) is 3.65. The van der Waals surface area contributed by atoms with E-state index in [9.17, 15) is 19.5 Å². The minimum Gasteiger partial charge on any atom is -0.477 e. The Morgan fingerprint density at radius 1 is 1.18 bits per heavy atom. The number of aromatic carboxylic acids is 1. The number of aromatic nitrogens is 2. The van der Waals surface area contributed by atoms with E-state index in [-0.39, 0.29) is 35.4 Å². The zero-order valence-electron chi connectivity index (χ0n) is 22.3. The standard InChI is InChI=1S/C29H34N4O5S/c1-3-17(2)26(34)32-25(18-10-13-38-14-11-18)28(35)33-12-6-9-24(33)27-31-23(16-39-27)20-15-22(29(36)37)30-21-8-5-4-7-19(20)21/h4-5,7-8,15-18,24-25H,3,6,9-14H2,1-2H3,(H,32,34)(H,36,37)/t17-,24+,25+/m1/s1. The number of likely N-dealkylation sites (tertiary alicyclic amines) is 1. The highest BCUT2D eigenvalue weighted by atomic mass is 32.1. The second kappa shape index (κ2) is 11.8. The molecule has 4 heterocycles. The normalized spacial score (nSPS) is 19.6. The second-order valence-corrected chi connectivity index (χ2v) is 11.3. The molecule has 2 saturated heterocycles. The predicted octanol–water partition coefficient (Wildman–Crippen LogP) is 4.68. The summed E-state index contributed by atoms with van der Waals surface area (Å²) >= 11 is 1.48. The molecule has 5 rings (SSSR count). The molecule has 0 spiro atoms. The Morgan fingerprint density at radius 3 is 2.69 bits per heavy atom. The number of thiazole rings is 1. The number of carboxylic acids is 1. The molecule has 2 amide bonds. The number of carbonyl (C=O) groups excluding carboxylic acids is 2. The van der Waals surface area contributed by atoms with Crippen molar-refractivity contribution >= 4 is 40.0 Å². The molecular weight excluding hydrogens is 516 g/mol. The summed E-state index contributed by atoms with van der Waals surface area (Å²) in [5.74, 6) is -1.37. The van der Waals surface area contributed by atoms with Crippen LogP contribution in [0.5, 0.6) is 0 Å². The van der Waals surface area contributed by atoms with Gasteiger partial charge in [0.2, 0.25) is 11.8 Å². The molecule has 9 nitrogen and oxygen atoms in total. The van der Waals surface area contributed by atoms with E-state index in [0.717, 1.165) is 36.1 Å². The van der Waals surface area contributed by atoms with Crippen LogP contribution in [0.25, 0.3) is 22.2 Å². The van der Waals surface area contributed by atoms with Crippen LogP contribution in [0.3, 0.4) is 0 Å². The molecule has 2 fully saturated rings. The number of ether oxygens (including phenoxy) is 1. The molecule has 2 N–H and O–H groups in total. The molecule has 3 aromatic rings. The van der Waals surface area contributed by atoms with Crippen LogP contribution >= 0.6 is 11.3 Å². The van der Waals surface area contributed by atoms with Gasteiger partial charge in [0.05, 0.1) is 17.3 Å². The van der Waals surface area contributed by atoms with Crippen LogP contribution < -0.4 is 5.32 Å². The highest BCUT2D eigenvalue weighted by molar-refractivity contribution is 7.10. The smallest absolute Gasteiger partial charge is 0.354 e. The number of carbonyl (C=O) groups is 3. The summed E-state index contributed by atoms with van der Waals surface area (Å²) < 4.78 is 5.53. The van der Waals surface area contributed by atoms with Crippen LogP contribution in [0.1, 0.15) is 67.5 Å². The first-order valence-electron chi connectivity index (χ1n) is 13.6. The summed E-state index contributed by atoms with van der Waals surface area (Å²) in [4.78, 5) is 49.7. The first-order valence-corrected chi connectivity index (χ1v) is 14.5. The number of para-hydroxylation sites is 1. The third-order valence-electron chi connectivity index (χ3n) is 7.92. The maximum atomic E-state index is 14.0. The van der Waals surface area contributed by atoms with Gasteiger partial charge in [0.1, 0.15) is 16.7 Å². The monoisotopic (exact) mass is 550 g/mol. The van der Waals surface area contributed by atoms with Gasteiger partial charge in [-0.05, 0) is 50.2 Å². The summed E-state index contributed by atoms with van der Waals surface area (Å²) in [6, 6.07) is 8.21. The summed E-state index contributed by atoms with van der Waals surface area (Å²) in [5, 5.41) is 16.2. The van der Waals surface area contributed by atoms with E-state index in [1.165, 1.54) is 11.3 Å². The fourth-order valence-corrected chi connectivity index (χ4v) is 6.40. The van der Waals surface area contributed by atoms with E-state index in [1.54, 1.807) is 12.1 Å². The lowest BCUT2D eigenvalue weighted by atomic mass is 9.90. The van der Waals surface area contributed by atoms with Crippen LogP contribution in [-0.4, -0.2) is 63.6 Å². The Morgan fingerprint density at radius 2 is 1.95 bits per heavy atom. The molecule has 10 heteroatoms. The number of rotatable bonds is 8. The lowest BCUT2D eigenvalue weighted by Gasteiger charge is -2.35. The fourth-order valence-electron chi connectivity index (χ4n) is 5.44. The molecule has 2 aromatic heterocycles. The Kier molecular flexibility index (Phi) is 8.23. The quantitative estimate of drug-likeness (QED) is 0.418. The second-order valence-electron chi connectivity index (χ2n) is 10.4. The SMILES string of the molecule is CC[C@@H](C)C(=O)N[C@H](C(=O)N1CCC[C@H]1c1nc(-c2cc(C(=O)O)nc3ccccc23)cs1)C1CCOCC1. The molecule has 3 atom stereocenters. The molecule has 0 bridgehead atoms. The molecule has 0 saturated carbocycles. The molecule has 0 radical (unpaired) electrons. The van der Waals surface area contributed by atoms with E-state index in [1.807, 2.05) is 42.3 Å². The van der Waals surface area contributed by atoms with Crippen LogP contribution in [0.15, 0.2) is 35.7 Å². The van der Waals surface area contributed by atoms with Gasteiger partial charge in [0.15, 0.2) is 0 Å². The molecule has 2 aliphatic rings. The van der Waals surface area contributed by atoms with Gasteiger partial charge in [-0.3, -0.25) is 9.59 Å². The average molecular weight is 551 g/mol. The Bertz CT molecular complexity index is 1370. The summed E-state index contributed by atoms with van der Waals surface area (Å²) in [5.41, 5.74) is 1.93. The largest absolute Gasteiger partial charge is 0.477 e. The first kappa shape index (κ1) is 27.2. The predicted molar refractivity (Wildman–Crippen MR) is 148 cm³/mol. The lowest BCUT2D eigenvalue weighted by Crippen LogP contribution is -2.54. The molecule has 1 aromatic carbocycles. The summed E-state index contributed by atoms with van der Waals surface area (Å²) in [7, 11) is 0. The maximum absolute atomic E-state index is 14.0. The highest BCUT2D eigenvalue weighted by Gasteiger charge is 2.40. The van der Waals surface area contributed by atoms with Gasteiger partial charge in [0, 0.05) is 42.0 Å². The van der Waals surface area contributed by atoms with Gasteiger partial charge in [-0.1, -0.05) is 32.0 Å². The Hall–Kier alpha value is -3.37. The van der Waals surface area contributed by atoms with Crippen molar-refractivity contribution < 1.29 is 24.2 Å². The van der Waals surface area contributed by atoms with E-state index in [4.69, 9.17) is 9.72 Å². The van der Waals surface area contributed by atoms with E-state index < -0.39 is 12.0 Å². The topological polar surface area (TPSA) is 122 Å². The number of fused-ring (bicyclic) bond motifs is 1. The highest BCUT2D eigenvalue weighted by Crippen LogP contribution is 2.38. The van der Waals surface area contributed by atoms with Crippen molar-refractivity contribution in [2.24, 2.45) is 11.8 Å². The van der Waals surface area contributed by atoms with Crippen molar-refractivity contribution in [2.45, 2.75) is 58.0 Å². The van der Waals surface area contributed by atoms with Crippen LogP contribution in [0.4, 0.5) is 0 Å². The maximum Gasteiger partial charge on any atom is 0.354 e. The van der Waals surface area contributed by atoms with Crippen molar-refractivity contribution in [1.82, 2.24) is 20.2 Å². The van der Waals surface area contributed by atoms with Crippen LogP contribution in [0, 0.1) is 11.8 Å². The van der Waals surface area contributed by atoms with E-state index >= 15 is 0 Å². The van der Waals surface area contributed by atoms with Crippen molar-refractivity contribution in [1.29, 1.82) is 0 Å². The minimum absolute atomic E-state index is 0.0324. The van der Waals surface area contributed by atoms with Gasteiger partial charge in [-0.15, -0.1) is 11.3 Å². The van der Waals surface area contributed by atoms with Crippen LogP contribution in [-0.2, 0) is 14.3 Å². The molecule has 0 unspecified atom stereocenters. The molecule has 2 aliphatic heterocycles. The Labute approximate surface area is 231 Å². The Balaban J connectivity index is 1.44. The molecular formula is C29H34N4O5S. The van der Waals surface area contributed by atoms with Gasteiger partial charge in [0.25, 0.3) is 0 Å². The number of amides is 2. The van der Waals surface area contributed by atoms with Gasteiger partial charge >= 0.3 is 5.97 Å². The van der Waals surface area contributed by atoms with Crippen molar-refractivity contribution in [3.05, 3.63) is 46.4 Å². The number of nitrogens with zero attached hydrogens (tertiary/aromatic N) is 3. The molecule has 0 aliphatic carbocycles. The molecule has 206 valence electrons. The van der Waals surface area contributed by atoms with E-state index in [0.29, 0.717) is 43.0 Å². The number of pyridine rings is 1. The fraction of sp³-hybridized carbons (Fsp3) is 0.483. The number of carboxylic acid groups (broad SMARTS) is 1. The van der Waals surface area contributed by atoms with Crippen molar-refractivity contribution in [2.75, 3.05) is 19.8 Å². The van der Waals surface area contributed by atoms with Crippen molar-refractivity contribution in [3.63, 3.8) is 0 Å². The number of hydrogen-bond donors (Lipinski definition) is 2. The van der Waals surface area contributed by atoms with Gasteiger partial charge < -0.3 is 20.1 Å². The zero-order valence-corrected chi connectivity index (χ0v) is 23.1. The van der Waals surface area contributed by atoms with Gasteiger partial charge in [-0.25, -0.2) is 14.8 Å². The third-order valence-corrected chi connectivity index (χ3v) is 8.86. The summed E-state index contributed by atoms with van der Waals surface area (Å²) in [6.45, 7) is 5.64. The van der Waals surface area contributed by atoms with Crippen LogP contribution in [0.2, 0.25) is 0 Å². The third kappa shape index (κ3) is 5.67. The van der Waals surface area contributed by atoms with Gasteiger partial charge in [-0.2, -0.15) is 0 Å².